The Morgan fingerprint density at radius 2 is 1.95 bits per heavy atom. The maximum absolute atomic E-state index is 12.1. The summed E-state index contributed by atoms with van der Waals surface area (Å²) in [6.07, 6.45) is 3.94. The number of hydrogen-bond acceptors (Lipinski definition) is 2. The van der Waals surface area contributed by atoms with E-state index in [1.165, 1.54) is 11.3 Å². The largest absolute Gasteiger partial charge is 0.324 e. The SMILES string of the molecule is O=C(Nc1cccc(-n2cccc2)c1)c1csc(Br)c1. The van der Waals surface area contributed by atoms with Gasteiger partial charge >= 0.3 is 0 Å². The van der Waals surface area contributed by atoms with E-state index in [1.54, 1.807) is 0 Å². The van der Waals surface area contributed by atoms with Crippen LogP contribution < -0.4 is 5.32 Å². The molecule has 3 aromatic rings. The predicted octanol–water partition coefficient (Wildman–Crippen LogP) is 4.55. The van der Waals surface area contributed by atoms with Gasteiger partial charge in [0.1, 0.15) is 0 Å². The number of nitrogens with zero attached hydrogens (tertiary/aromatic N) is 1. The highest BCUT2D eigenvalue weighted by atomic mass is 79.9. The molecule has 0 saturated carbocycles. The van der Waals surface area contributed by atoms with E-state index in [2.05, 4.69) is 21.2 Å². The van der Waals surface area contributed by atoms with Crippen LogP contribution >= 0.6 is 27.3 Å². The van der Waals surface area contributed by atoms with E-state index >= 15 is 0 Å². The van der Waals surface area contributed by atoms with Crippen LogP contribution in [0.5, 0.6) is 0 Å². The van der Waals surface area contributed by atoms with Crippen molar-refractivity contribution < 1.29 is 4.79 Å². The highest BCUT2D eigenvalue weighted by Crippen LogP contribution is 2.22. The van der Waals surface area contributed by atoms with Crippen LogP contribution in [-0.4, -0.2) is 10.5 Å². The van der Waals surface area contributed by atoms with Gasteiger partial charge in [0.05, 0.1) is 9.35 Å². The van der Waals surface area contributed by atoms with E-state index in [4.69, 9.17) is 0 Å². The molecule has 0 spiro atoms. The summed E-state index contributed by atoms with van der Waals surface area (Å²) in [5.41, 5.74) is 2.45. The van der Waals surface area contributed by atoms with Gasteiger partial charge in [0.15, 0.2) is 0 Å². The number of benzene rings is 1. The van der Waals surface area contributed by atoms with E-state index in [1.807, 2.05) is 64.8 Å². The first-order chi connectivity index (χ1) is 9.72. The third-order valence-electron chi connectivity index (χ3n) is 2.84. The number of hydrogen-bond donors (Lipinski definition) is 1. The predicted molar refractivity (Wildman–Crippen MR) is 85.7 cm³/mol. The van der Waals surface area contributed by atoms with Crippen molar-refractivity contribution in [3.63, 3.8) is 0 Å². The summed E-state index contributed by atoms with van der Waals surface area (Å²) >= 11 is 4.86. The Balaban J connectivity index is 1.81. The number of rotatable bonds is 3. The fourth-order valence-corrected chi connectivity index (χ4v) is 3.02. The second kappa shape index (κ2) is 5.64. The molecule has 100 valence electrons. The molecule has 1 amide bonds. The molecule has 1 N–H and O–H groups in total. The molecule has 0 fully saturated rings. The molecule has 3 rings (SSSR count). The molecule has 1 aromatic carbocycles. The highest BCUT2D eigenvalue weighted by Gasteiger charge is 2.08. The molecule has 0 aliphatic carbocycles. The molecule has 5 heteroatoms. The second-order valence-electron chi connectivity index (χ2n) is 4.23. The van der Waals surface area contributed by atoms with E-state index in [-0.39, 0.29) is 5.91 Å². The Kier molecular flexibility index (Phi) is 3.71. The number of amides is 1. The average Bonchev–Trinajstić information content (AvgIpc) is 3.10. The molecule has 20 heavy (non-hydrogen) atoms. The van der Waals surface area contributed by atoms with Crippen LogP contribution in [-0.2, 0) is 0 Å². The van der Waals surface area contributed by atoms with Crippen molar-refractivity contribution in [2.45, 2.75) is 0 Å². The normalized spacial score (nSPS) is 10.4. The van der Waals surface area contributed by atoms with Gasteiger partial charge < -0.3 is 9.88 Å². The average molecular weight is 347 g/mol. The van der Waals surface area contributed by atoms with Crippen LogP contribution in [0.4, 0.5) is 5.69 Å². The Morgan fingerprint density at radius 3 is 2.65 bits per heavy atom. The standard InChI is InChI=1S/C15H11BrN2OS/c16-14-8-11(10-20-14)15(19)17-12-4-3-5-13(9-12)18-6-1-2-7-18/h1-10H,(H,17,19). The Bertz CT molecular complexity index is 734. The van der Waals surface area contributed by atoms with Crippen LogP contribution in [0, 0.1) is 0 Å². The molecular weight excluding hydrogens is 336 g/mol. The number of carbonyl (C=O) groups excluding carboxylic acids is 1. The monoisotopic (exact) mass is 346 g/mol. The number of anilines is 1. The van der Waals surface area contributed by atoms with Gasteiger partial charge in [0.25, 0.3) is 5.91 Å². The van der Waals surface area contributed by atoms with Crippen LogP contribution in [0.2, 0.25) is 0 Å². The highest BCUT2D eigenvalue weighted by molar-refractivity contribution is 9.11. The third-order valence-corrected chi connectivity index (χ3v) is 4.34. The summed E-state index contributed by atoms with van der Waals surface area (Å²) in [6.45, 7) is 0. The molecule has 0 aliphatic heterocycles. The topological polar surface area (TPSA) is 34.0 Å². The lowest BCUT2D eigenvalue weighted by Gasteiger charge is -2.07. The lowest BCUT2D eigenvalue weighted by Crippen LogP contribution is -2.10. The van der Waals surface area contributed by atoms with E-state index in [0.29, 0.717) is 5.56 Å². The molecule has 0 radical (unpaired) electrons. The Labute approximate surface area is 129 Å². The van der Waals surface area contributed by atoms with Crippen molar-refractivity contribution in [3.05, 3.63) is 69.6 Å². The summed E-state index contributed by atoms with van der Waals surface area (Å²) in [6, 6.07) is 13.5. The fourth-order valence-electron chi connectivity index (χ4n) is 1.88. The van der Waals surface area contributed by atoms with Crippen molar-refractivity contribution in [1.82, 2.24) is 4.57 Å². The summed E-state index contributed by atoms with van der Waals surface area (Å²) in [7, 11) is 0. The van der Waals surface area contributed by atoms with Gasteiger partial charge in [-0.05, 0) is 52.3 Å². The molecule has 0 aliphatic rings. The second-order valence-corrected chi connectivity index (χ2v) is 6.52. The van der Waals surface area contributed by atoms with Crippen molar-refractivity contribution in [1.29, 1.82) is 0 Å². The molecule has 2 aromatic heterocycles. The van der Waals surface area contributed by atoms with Crippen molar-refractivity contribution in [2.24, 2.45) is 0 Å². The molecule has 2 heterocycles. The van der Waals surface area contributed by atoms with Crippen LogP contribution in [0.15, 0.2) is 64.0 Å². The van der Waals surface area contributed by atoms with Gasteiger partial charge in [-0.25, -0.2) is 0 Å². The van der Waals surface area contributed by atoms with Crippen LogP contribution in [0.3, 0.4) is 0 Å². The molecular formula is C15H11BrN2OS. The van der Waals surface area contributed by atoms with Crippen molar-refractivity contribution in [2.75, 3.05) is 5.32 Å². The summed E-state index contributed by atoms with van der Waals surface area (Å²) in [4.78, 5) is 12.1. The number of aromatic nitrogens is 1. The van der Waals surface area contributed by atoms with Crippen LogP contribution in [0.25, 0.3) is 5.69 Å². The minimum absolute atomic E-state index is 0.100. The quantitative estimate of drug-likeness (QED) is 0.741. The van der Waals surface area contributed by atoms with Gasteiger partial charge in [0.2, 0.25) is 0 Å². The number of nitrogens with one attached hydrogen (secondary N) is 1. The number of halogens is 1. The molecule has 0 atom stereocenters. The molecule has 3 nitrogen and oxygen atoms in total. The maximum atomic E-state index is 12.1. The first-order valence-corrected chi connectivity index (χ1v) is 7.68. The van der Waals surface area contributed by atoms with Gasteiger partial charge in [-0.2, -0.15) is 0 Å². The first kappa shape index (κ1) is 13.1. The minimum Gasteiger partial charge on any atom is -0.324 e. The van der Waals surface area contributed by atoms with Gasteiger partial charge in [0, 0.05) is 29.1 Å². The molecule has 0 saturated heterocycles. The Morgan fingerprint density at radius 1 is 1.15 bits per heavy atom. The Hall–Kier alpha value is -1.85. The smallest absolute Gasteiger partial charge is 0.256 e. The van der Waals surface area contributed by atoms with E-state index < -0.39 is 0 Å². The lowest BCUT2D eigenvalue weighted by molar-refractivity contribution is 0.102. The maximum Gasteiger partial charge on any atom is 0.256 e. The summed E-state index contributed by atoms with van der Waals surface area (Å²) in [5.74, 6) is -0.100. The van der Waals surface area contributed by atoms with Gasteiger partial charge in [-0.15, -0.1) is 11.3 Å². The summed E-state index contributed by atoms with van der Waals surface area (Å²) < 4.78 is 2.94. The first-order valence-electron chi connectivity index (χ1n) is 6.01. The number of thiophene rings is 1. The zero-order valence-corrected chi connectivity index (χ0v) is 12.8. The van der Waals surface area contributed by atoms with Gasteiger partial charge in [-0.3, -0.25) is 4.79 Å². The fraction of sp³-hybridized carbons (Fsp3) is 0. The summed E-state index contributed by atoms with van der Waals surface area (Å²) in [5, 5.41) is 4.74. The van der Waals surface area contributed by atoms with Gasteiger partial charge in [-0.1, -0.05) is 6.07 Å². The van der Waals surface area contributed by atoms with E-state index in [9.17, 15) is 4.79 Å². The molecule has 0 bridgehead atoms. The zero-order valence-electron chi connectivity index (χ0n) is 10.4. The lowest BCUT2D eigenvalue weighted by atomic mass is 10.2. The minimum atomic E-state index is -0.100. The van der Waals surface area contributed by atoms with Crippen LogP contribution in [0.1, 0.15) is 10.4 Å². The molecule has 0 unspecified atom stereocenters. The van der Waals surface area contributed by atoms with Crippen molar-refractivity contribution in [3.8, 4) is 5.69 Å². The number of carbonyl (C=O) groups is 1. The van der Waals surface area contributed by atoms with Crippen molar-refractivity contribution >= 4 is 38.9 Å². The third kappa shape index (κ3) is 2.84. The zero-order chi connectivity index (χ0) is 13.9. The van der Waals surface area contributed by atoms with E-state index in [0.717, 1.165) is 15.2 Å².